The van der Waals surface area contributed by atoms with Crippen LogP contribution in [0.2, 0.25) is 5.15 Å². The Kier molecular flexibility index (Phi) is 6.62. The molecule has 1 aliphatic heterocycles. The molecule has 2 N–H and O–H groups in total. The summed E-state index contributed by atoms with van der Waals surface area (Å²) in [6.07, 6.45) is 2.69. The lowest BCUT2D eigenvalue weighted by Crippen LogP contribution is -2.45. The molecule has 1 amide bonds. The average molecular weight is 341 g/mol. The fourth-order valence-corrected chi connectivity index (χ4v) is 3.15. The highest BCUT2D eigenvalue weighted by atomic mass is 35.5. The van der Waals surface area contributed by atoms with E-state index in [0.717, 1.165) is 38.9 Å². The minimum atomic E-state index is 0.00209. The van der Waals surface area contributed by atoms with Crippen molar-refractivity contribution in [1.82, 2.24) is 14.8 Å². The number of nitrogens with zero attached hydrogens (tertiary/aromatic N) is 3. The number of rotatable bonds is 6. The number of piperidine rings is 1. The number of anilines is 1. The van der Waals surface area contributed by atoms with Crippen molar-refractivity contribution in [3.63, 3.8) is 0 Å². The molecule has 6 nitrogen and oxygen atoms in total. The summed E-state index contributed by atoms with van der Waals surface area (Å²) in [4.78, 5) is 20.9. The number of carbonyl (C=O) groups excluding carboxylic acids is 1. The Morgan fingerprint density at radius 3 is 2.78 bits per heavy atom. The number of hydrogen-bond acceptors (Lipinski definition) is 5. The number of carbonyl (C=O) groups is 1. The van der Waals surface area contributed by atoms with Crippen molar-refractivity contribution >= 4 is 23.3 Å². The summed E-state index contributed by atoms with van der Waals surface area (Å²) in [5, 5.41) is 12.2. The van der Waals surface area contributed by atoms with Gasteiger partial charge in [0.25, 0.3) is 5.91 Å². The number of aromatic nitrogens is 1. The maximum atomic E-state index is 12.6. The Morgan fingerprint density at radius 1 is 1.48 bits per heavy atom. The third-order valence-electron chi connectivity index (χ3n) is 4.34. The van der Waals surface area contributed by atoms with Gasteiger partial charge in [-0.25, -0.2) is 4.98 Å². The number of halogens is 1. The Morgan fingerprint density at radius 2 is 2.17 bits per heavy atom. The molecule has 1 aromatic heterocycles. The highest BCUT2D eigenvalue weighted by Crippen LogP contribution is 2.20. The first kappa shape index (κ1) is 18.0. The number of amides is 1. The van der Waals surface area contributed by atoms with Crippen LogP contribution in [-0.4, -0.2) is 72.2 Å². The molecule has 0 bridgehead atoms. The number of nitrogens with one attached hydrogen (secondary N) is 1. The second kappa shape index (κ2) is 8.47. The Bertz CT molecular complexity index is 533. The van der Waals surface area contributed by atoms with Gasteiger partial charge in [0.05, 0.1) is 0 Å². The average Bonchev–Trinajstić information content (AvgIpc) is 2.58. The third kappa shape index (κ3) is 4.80. The van der Waals surface area contributed by atoms with Crippen LogP contribution >= 0.6 is 11.6 Å². The fourth-order valence-electron chi connectivity index (χ4n) is 2.94. The molecule has 0 aromatic carbocycles. The number of pyridine rings is 1. The van der Waals surface area contributed by atoms with Crippen LogP contribution in [0, 0.1) is 0 Å². The summed E-state index contributed by atoms with van der Waals surface area (Å²) < 4.78 is 0. The Labute approximate surface area is 142 Å². The molecule has 0 radical (unpaired) electrons. The quantitative estimate of drug-likeness (QED) is 0.771. The van der Waals surface area contributed by atoms with Gasteiger partial charge in [-0.2, -0.15) is 0 Å². The van der Waals surface area contributed by atoms with Gasteiger partial charge in [-0.15, -0.1) is 0 Å². The number of aliphatic hydroxyl groups is 1. The lowest BCUT2D eigenvalue weighted by molar-refractivity contribution is 0.0641. The molecule has 0 unspecified atom stereocenters. The van der Waals surface area contributed by atoms with Crippen molar-refractivity contribution in [3.05, 3.63) is 22.8 Å². The zero-order chi connectivity index (χ0) is 16.8. The van der Waals surface area contributed by atoms with Gasteiger partial charge < -0.3 is 20.2 Å². The van der Waals surface area contributed by atoms with E-state index in [2.05, 4.69) is 22.2 Å². The summed E-state index contributed by atoms with van der Waals surface area (Å²) in [7, 11) is 3.83. The molecular formula is C16H25ClN4O2. The van der Waals surface area contributed by atoms with Crippen LogP contribution in [-0.2, 0) is 0 Å². The zero-order valence-corrected chi connectivity index (χ0v) is 14.5. The van der Waals surface area contributed by atoms with Crippen LogP contribution in [0.1, 0.15) is 29.6 Å². The Balaban J connectivity index is 1.94. The van der Waals surface area contributed by atoms with Crippen molar-refractivity contribution < 1.29 is 9.90 Å². The summed E-state index contributed by atoms with van der Waals surface area (Å²) >= 11 is 5.98. The van der Waals surface area contributed by atoms with E-state index in [-0.39, 0.29) is 12.5 Å². The van der Waals surface area contributed by atoms with E-state index in [4.69, 9.17) is 16.7 Å². The highest BCUT2D eigenvalue weighted by Gasteiger charge is 2.26. The van der Waals surface area contributed by atoms with Gasteiger partial charge in [-0.1, -0.05) is 11.6 Å². The van der Waals surface area contributed by atoms with Gasteiger partial charge >= 0.3 is 0 Å². The lowest BCUT2D eigenvalue weighted by atomic mass is 10.0. The zero-order valence-electron chi connectivity index (χ0n) is 13.8. The molecule has 2 heterocycles. The molecule has 1 aromatic rings. The largest absolute Gasteiger partial charge is 0.396 e. The minimum absolute atomic E-state index is 0.00209. The van der Waals surface area contributed by atoms with Crippen LogP contribution < -0.4 is 5.32 Å². The second-order valence-electron chi connectivity index (χ2n) is 5.89. The normalized spacial score (nSPS) is 16.0. The van der Waals surface area contributed by atoms with E-state index in [1.807, 2.05) is 4.90 Å². The summed E-state index contributed by atoms with van der Waals surface area (Å²) in [6, 6.07) is 3.82. The van der Waals surface area contributed by atoms with Crippen LogP contribution in [0.5, 0.6) is 0 Å². The van der Waals surface area contributed by atoms with Crippen molar-refractivity contribution in [2.45, 2.75) is 25.3 Å². The van der Waals surface area contributed by atoms with Gasteiger partial charge in [-0.05, 0) is 38.4 Å². The van der Waals surface area contributed by atoms with E-state index >= 15 is 0 Å². The molecule has 128 valence electrons. The van der Waals surface area contributed by atoms with Crippen molar-refractivity contribution in [2.24, 2.45) is 0 Å². The molecule has 7 heteroatoms. The molecule has 1 aliphatic rings. The fraction of sp³-hybridized carbons (Fsp3) is 0.625. The molecule has 1 fully saturated rings. The van der Waals surface area contributed by atoms with E-state index in [0.29, 0.717) is 22.6 Å². The predicted molar refractivity (Wildman–Crippen MR) is 92.1 cm³/mol. The SMILES string of the molecule is CNc1cc(C(=O)N2CCC(N(C)CCCO)CC2)cc(Cl)n1. The molecular weight excluding hydrogens is 316 g/mol. The van der Waals surface area contributed by atoms with E-state index in [9.17, 15) is 4.79 Å². The first-order valence-electron chi connectivity index (χ1n) is 8.01. The summed E-state index contributed by atoms with van der Waals surface area (Å²) in [6.45, 7) is 2.59. The van der Waals surface area contributed by atoms with Gasteiger partial charge in [-0.3, -0.25) is 4.79 Å². The highest BCUT2D eigenvalue weighted by molar-refractivity contribution is 6.29. The molecule has 0 aliphatic carbocycles. The Hall–Kier alpha value is -1.37. The molecule has 0 saturated carbocycles. The predicted octanol–water partition coefficient (Wildman–Crippen LogP) is 1.70. The maximum Gasteiger partial charge on any atom is 0.254 e. The summed E-state index contributed by atoms with van der Waals surface area (Å²) in [5.41, 5.74) is 0.571. The molecule has 1 saturated heterocycles. The van der Waals surface area contributed by atoms with Crippen molar-refractivity contribution in [1.29, 1.82) is 0 Å². The lowest BCUT2D eigenvalue weighted by Gasteiger charge is -2.36. The van der Waals surface area contributed by atoms with E-state index in [1.165, 1.54) is 0 Å². The molecule has 2 rings (SSSR count). The first-order valence-corrected chi connectivity index (χ1v) is 8.38. The van der Waals surface area contributed by atoms with Crippen LogP contribution in [0.3, 0.4) is 0 Å². The van der Waals surface area contributed by atoms with E-state index in [1.54, 1.807) is 19.2 Å². The van der Waals surface area contributed by atoms with Gasteiger partial charge in [0.1, 0.15) is 11.0 Å². The van der Waals surface area contributed by atoms with Crippen LogP contribution in [0.4, 0.5) is 5.82 Å². The standard InChI is InChI=1S/C16H25ClN4O2/c1-18-15-11-12(10-14(17)19-15)16(23)21-7-4-13(5-8-21)20(2)6-3-9-22/h10-11,13,22H,3-9H2,1-2H3,(H,18,19). The third-order valence-corrected chi connectivity index (χ3v) is 4.53. The van der Waals surface area contributed by atoms with E-state index < -0.39 is 0 Å². The number of aliphatic hydroxyl groups excluding tert-OH is 1. The molecule has 23 heavy (non-hydrogen) atoms. The summed E-state index contributed by atoms with van der Waals surface area (Å²) in [5.74, 6) is 0.599. The topological polar surface area (TPSA) is 68.7 Å². The number of likely N-dealkylation sites (tertiary alicyclic amines) is 1. The second-order valence-corrected chi connectivity index (χ2v) is 6.28. The number of hydrogen-bond donors (Lipinski definition) is 2. The van der Waals surface area contributed by atoms with Crippen molar-refractivity contribution in [3.8, 4) is 0 Å². The maximum absolute atomic E-state index is 12.6. The first-order chi connectivity index (χ1) is 11.0. The van der Waals surface area contributed by atoms with Crippen molar-refractivity contribution in [2.75, 3.05) is 45.7 Å². The smallest absolute Gasteiger partial charge is 0.254 e. The monoisotopic (exact) mass is 340 g/mol. The van der Waals surface area contributed by atoms with Gasteiger partial charge in [0.15, 0.2) is 0 Å². The van der Waals surface area contributed by atoms with Crippen LogP contribution in [0.25, 0.3) is 0 Å². The van der Waals surface area contributed by atoms with Crippen LogP contribution in [0.15, 0.2) is 12.1 Å². The molecule has 0 atom stereocenters. The van der Waals surface area contributed by atoms with Gasteiger partial charge in [0.2, 0.25) is 0 Å². The van der Waals surface area contributed by atoms with Gasteiger partial charge in [0, 0.05) is 44.9 Å². The minimum Gasteiger partial charge on any atom is -0.396 e. The molecule has 0 spiro atoms.